The number of amides is 1. The number of nitrogens with zero attached hydrogens (tertiary/aromatic N) is 3. The van der Waals surface area contributed by atoms with Crippen LogP contribution in [0.5, 0.6) is 0 Å². The van der Waals surface area contributed by atoms with Gasteiger partial charge in [0, 0.05) is 31.6 Å². The van der Waals surface area contributed by atoms with Crippen molar-refractivity contribution in [3.63, 3.8) is 0 Å². The van der Waals surface area contributed by atoms with E-state index in [9.17, 15) is 14.0 Å². The monoisotopic (exact) mass is 503 g/mol. The van der Waals surface area contributed by atoms with Gasteiger partial charge >= 0.3 is 5.63 Å². The molecule has 1 aliphatic rings. The van der Waals surface area contributed by atoms with Crippen LogP contribution >= 0.6 is 23.7 Å². The van der Waals surface area contributed by atoms with E-state index in [1.807, 2.05) is 6.07 Å². The molecule has 0 N–H and O–H groups in total. The number of fused-ring (bicyclic) bond motifs is 2. The molecule has 0 atom stereocenters. The number of para-hydroxylation sites is 1. The van der Waals surface area contributed by atoms with Crippen LogP contribution in [-0.4, -0.2) is 55.2 Å². The smallest absolute Gasteiger partial charge is 0.349 e. The van der Waals surface area contributed by atoms with Gasteiger partial charge in [-0.2, -0.15) is 0 Å². The average Bonchev–Trinajstić information content (AvgIpc) is 3.24. The Hall–Kier alpha value is -2.85. The Balaban J connectivity index is 0.00000274. The van der Waals surface area contributed by atoms with Crippen LogP contribution in [0.15, 0.2) is 57.7 Å². The van der Waals surface area contributed by atoms with Crippen LogP contribution in [0, 0.1) is 5.82 Å². The lowest BCUT2D eigenvalue weighted by molar-refractivity contribution is 0.0376. The summed E-state index contributed by atoms with van der Waals surface area (Å²) in [5.74, 6) is -0.839. The van der Waals surface area contributed by atoms with Crippen molar-refractivity contribution in [1.29, 1.82) is 0 Å². The Labute approximate surface area is 205 Å². The molecule has 1 fully saturated rings. The van der Waals surface area contributed by atoms with Crippen molar-refractivity contribution in [2.45, 2.75) is 6.42 Å². The number of carbonyl (C=O) groups is 1. The van der Waals surface area contributed by atoms with Crippen molar-refractivity contribution in [3.05, 3.63) is 70.3 Å². The first-order valence-corrected chi connectivity index (χ1v) is 11.6. The molecule has 2 aromatic heterocycles. The molecule has 0 spiro atoms. The van der Waals surface area contributed by atoms with Gasteiger partial charge in [-0.15, -0.1) is 12.4 Å². The summed E-state index contributed by atoms with van der Waals surface area (Å²) >= 11 is 1.23. The van der Waals surface area contributed by atoms with Crippen molar-refractivity contribution < 1.29 is 18.3 Å². The Morgan fingerprint density at radius 1 is 1.15 bits per heavy atom. The largest absolute Gasteiger partial charge is 0.422 e. The zero-order valence-corrected chi connectivity index (χ0v) is 19.9. The second kappa shape index (κ2) is 10.6. The fourth-order valence-corrected chi connectivity index (χ4v) is 4.93. The van der Waals surface area contributed by atoms with Crippen LogP contribution in [0.3, 0.4) is 0 Å². The van der Waals surface area contributed by atoms with E-state index in [0.717, 1.165) is 19.6 Å². The molecule has 34 heavy (non-hydrogen) atoms. The Morgan fingerprint density at radius 3 is 2.76 bits per heavy atom. The van der Waals surface area contributed by atoms with E-state index in [2.05, 4.69) is 9.88 Å². The van der Waals surface area contributed by atoms with Gasteiger partial charge in [0.2, 0.25) is 0 Å². The summed E-state index contributed by atoms with van der Waals surface area (Å²) in [5.41, 5.74) is 0.288. The fraction of sp³-hybridized carbons (Fsp3) is 0.292. The minimum Gasteiger partial charge on any atom is -0.422 e. The molecule has 2 aromatic carbocycles. The number of carbonyl (C=O) groups excluding carboxylic acids is 1. The highest BCUT2D eigenvalue weighted by atomic mass is 35.5. The van der Waals surface area contributed by atoms with E-state index in [0.29, 0.717) is 52.5 Å². The number of aromatic nitrogens is 1. The number of hydrogen-bond donors (Lipinski definition) is 0. The van der Waals surface area contributed by atoms with Gasteiger partial charge in [0.25, 0.3) is 5.91 Å². The highest BCUT2D eigenvalue weighted by Gasteiger charge is 2.25. The molecule has 1 aliphatic heterocycles. The molecule has 10 heteroatoms. The summed E-state index contributed by atoms with van der Waals surface area (Å²) < 4.78 is 25.1. The van der Waals surface area contributed by atoms with Gasteiger partial charge in [-0.1, -0.05) is 29.5 Å². The molecule has 0 radical (unpaired) electrons. The number of thiazole rings is 1. The highest BCUT2D eigenvalue weighted by molar-refractivity contribution is 7.22. The maximum Gasteiger partial charge on any atom is 0.349 e. The SMILES string of the molecule is Cl.O=C(c1cc2ccccc2oc1=O)N(CCCN1CCOCC1)c1nc2ccc(F)cc2s1. The maximum absolute atomic E-state index is 13.7. The van der Waals surface area contributed by atoms with E-state index in [1.54, 1.807) is 30.3 Å². The summed E-state index contributed by atoms with van der Waals surface area (Å²) in [7, 11) is 0. The number of anilines is 1. The quantitative estimate of drug-likeness (QED) is 0.364. The molecule has 0 unspecified atom stereocenters. The van der Waals surface area contributed by atoms with Gasteiger partial charge in [-0.05, 0) is 36.8 Å². The molecule has 1 saturated heterocycles. The molecule has 5 rings (SSSR count). The minimum absolute atomic E-state index is 0. The first-order valence-electron chi connectivity index (χ1n) is 10.8. The third-order valence-corrected chi connectivity index (χ3v) is 6.69. The van der Waals surface area contributed by atoms with E-state index in [-0.39, 0.29) is 23.8 Å². The molecule has 178 valence electrons. The predicted molar refractivity (Wildman–Crippen MR) is 133 cm³/mol. The Morgan fingerprint density at radius 2 is 1.94 bits per heavy atom. The molecule has 0 saturated carbocycles. The van der Waals surface area contributed by atoms with Crippen molar-refractivity contribution >= 4 is 56.0 Å². The highest BCUT2D eigenvalue weighted by Crippen LogP contribution is 2.30. The first kappa shape index (κ1) is 24.3. The van der Waals surface area contributed by atoms with E-state index < -0.39 is 11.5 Å². The van der Waals surface area contributed by atoms with Gasteiger partial charge < -0.3 is 9.15 Å². The van der Waals surface area contributed by atoms with Crippen LogP contribution in [-0.2, 0) is 4.74 Å². The maximum atomic E-state index is 13.7. The zero-order chi connectivity index (χ0) is 22.8. The number of rotatable bonds is 6. The summed E-state index contributed by atoms with van der Waals surface area (Å²) in [5, 5.41) is 1.09. The second-order valence-corrected chi connectivity index (χ2v) is 8.87. The molecular weight excluding hydrogens is 481 g/mol. The number of halogens is 2. The summed E-state index contributed by atoms with van der Waals surface area (Å²) in [6, 6.07) is 13.0. The van der Waals surface area contributed by atoms with E-state index >= 15 is 0 Å². The van der Waals surface area contributed by atoms with Crippen LogP contribution in [0.2, 0.25) is 0 Å². The van der Waals surface area contributed by atoms with Gasteiger partial charge in [0.15, 0.2) is 5.13 Å². The molecule has 3 heterocycles. The lowest BCUT2D eigenvalue weighted by atomic mass is 10.1. The topological polar surface area (TPSA) is 75.9 Å². The van der Waals surface area contributed by atoms with Gasteiger partial charge in [0.1, 0.15) is 17.0 Å². The van der Waals surface area contributed by atoms with Gasteiger partial charge in [-0.3, -0.25) is 14.6 Å². The normalized spacial score (nSPS) is 14.3. The van der Waals surface area contributed by atoms with Crippen molar-refractivity contribution in [1.82, 2.24) is 9.88 Å². The second-order valence-electron chi connectivity index (χ2n) is 7.86. The van der Waals surface area contributed by atoms with Gasteiger partial charge in [0.05, 0.1) is 23.4 Å². The Kier molecular flexibility index (Phi) is 7.57. The average molecular weight is 504 g/mol. The first-order chi connectivity index (χ1) is 16.1. The number of morpholine rings is 1. The van der Waals surface area contributed by atoms with Crippen molar-refractivity contribution in [2.24, 2.45) is 0 Å². The minimum atomic E-state index is -0.691. The molecule has 4 aromatic rings. The fourth-order valence-electron chi connectivity index (χ4n) is 3.92. The Bertz CT molecular complexity index is 1370. The number of benzene rings is 2. The van der Waals surface area contributed by atoms with Crippen LogP contribution in [0.1, 0.15) is 16.8 Å². The van der Waals surface area contributed by atoms with Gasteiger partial charge in [-0.25, -0.2) is 14.2 Å². The number of ether oxygens (including phenoxy) is 1. The summed E-state index contributed by atoms with van der Waals surface area (Å²) in [6.07, 6.45) is 0.689. The van der Waals surface area contributed by atoms with Crippen LogP contribution in [0.4, 0.5) is 9.52 Å². The standard InChI is InChI=1S/C24H22FN3O4S.ClH/c25-17-6-7-19-21(15-17)33-24(26-19)28(9-3-8-27-10-12-31-13-11-27)22(29)18-14-16-4-1-2-5-20(16)32-23(18)30;/h1-2,4-7,14-15H,3,8-13H2;1H. The molecule has 0 aliphatic carbocycles. The molecule has 0 bridgehead atoms. The van der Waals surface area contributed by atoms with Crippen LogP contribution < -0.4 is 10.5 Å². The molecular formula is C24H23ClFN3O4S. The van der Waals surface area contributed by atoms with Crippen molar-refractivity contribution in [2.75, 3.05) is 44.3 Å². The van der Waals surface area contributed by atoms with E-state index in [1.165, 1.54) is 28.4 Å². The molecule has 7 nitrogen and oxygen atoms in total. The number of hydrogen-bond acceptors (Lipinski definition) is 7. The van der Waals surface area contributed by atoms with Crippen LogP contribution in [0.25, 0.3) is 21.2 Å². The molecule has 1 amide bonds. The zero-order valence-electron chi connectivity index (χ0n) is 18.2. The predicted octanol–water partition coefficient (Wildman–Crippen LogP) is 4.33. The third kappa shape index (κ3) is 5.12. The van der Waals surface area contributed by atoms with E-state index in [4.69, 9.17) is 9.15 Å². The summed E-state index contributed by atoms with van der Waals surface area (Å²) in [6.45, 7) is 4.25. The third-order valence-electron chi connectivity index (χ3n) is 5.65. The lowest BCUT2D eigenvalue weighted by Gasteiger charge is -2.27. The van der Waals surface area contributed by atoms with Crippen molar-refractivity contribution in [3.8, 4) is 0 Å². The lowest BCUT2D eigenvalue weighted by Crippen LogP contribution is -2.40. The summed E-state index contributed by atoms with van der Waals surface area (Å²) in [4.78, 5) is 34.5.